The highest BCUT2D eigenvalue weighted by molar-refractivity contribution is 5.63. The molecule has 0 atom stereocenters. The van der Waals surface area contributed by atoms with Crippen LogP contribution in [0.4, 0.5) is 17.3 Å². The molecule has 0 saturated carbocycles. The molecule has 0 radical (unpaired) electrons. The van der Waals surface area contributed by atoms with Crippen molar-refractivity contribution in [3.63, 3.8) is 0 Å². The van der Waals surface area contributed by atoms with E-state index in [9.17, 15) is 0 Å². The van der Waals surface area contributed by atoms with Crippen LogP contribution in [0.2, 0.25) is 0 Å². The first-order valence-electron chi connectivity index (χ1n) is 7.07. The summed E-state index contributed by atoms with van der Waals surface area (Å²) in [6, 6.07) is 7.55. The molecule has 22 heavy (non-hydrogen) atoms. The molecule has 1 aromatic carbocycles. The molecule has 116 valence electrons. The van der Waals surface area contributed by atoms with Crippen LogP contribution in [0.3, 0.4) is 0 Å². The molecule has 7 heteroatoms. The first-order chi connectivity index (χ1) is 10.8. The number of hydrogen-bond donors (Lipinski definition) is 2. The molecule has 1 aliphatic rings. The third kappa shape index (κ3) is 3.56. The second-order valence-electron chi connectivity index (χ2n) is 4.69. The Bertz CT molecular complexity index is 636. The van der Waals surface area contributed by atoms with Crippen LogP contribution in [0.1, 0.15) is 0 Å². The number of fused-ring (bicyclic) bond motifs is 1. The predicted octanol–water partition coefficient (Wildman–Crippen LogP) is 2.05. The largest absolute Gasteiger partial charge is 0.486 e. The summed E-state index contributed by atoms with van der Waals surface area (Å²) in [4.78, 5) is 8.37. The van der Waals surface area contributed by atoms with Crippen LogP contribution >= 0.6 is 0 Å². The zero-order valence-corrected chi connectivity index (χ0v) is 12.3. The summed E-state index contributed by atoms with van der Waals surface area (Å²) in [5, 5.41) is 6.39. The van der Waals surface area contributed by atoms with Gasteiger partial charge in [0.15, 0.2) is 11.5 Å². The van der Waals surface area contributed by atoms with E-state index in [1.54, 1.807) is 7.11 Å². The maximum atomic E-state index is 5.57. The van der Waals surface area contributed by atoms with Crippen LogP contribution in [0.15, 0.2) is 30.6 Å². The van der Waals surface area contributed by atoms with Gasteiger partial charge in [-0.25, -0.2) is 9.97 Å². The molecule has 2 N–H and O–H groups in total. The molecule has 7 nitrogen and oxygen atoms in total. The van der Waals surface area contributed by atoms with E-state index < -0.39 is 0 Å². The van der Waals surface area contributed by atoms with Gasteiger partial charge >= 0.3 is 0 Å². The van der Waals surface area contributed by atoms with Crippen LogP contribution in [0, 0.1) is 0 Å². The van der Waals surface area contributed by atoms with Gasteiger partial charge in [-0.05, 0) is 12.1 Å². The lowest BCUT2D eigenvalue weighted by Crippen LogP contribution is -2.15. The van der Waals surface area contributed by atoms with Crippen molar-refractivity contribution in [2.45, 2.75) is 0 Å². The van der Waals surface area contributed by atoms with E-state index in [0.29, 0.717) is 32.2 Å². The maximum Gasteiger partial charge on any atom is 0.163 e. The van der Waals surface area contributed by atoms with Crippen molar-refractivity contribution in [3.05, 3.63) is 30.6 Å². The van der Waals surface area contributed by atoms with Crippen LogP contribution in [0.5, 0.6) is 11.5 Å². The average molecular weight is 302 g/mol. The summed E-state index contributed by atoms with van der Waals surface area (Å²) in [5.74, 6) is 2.95. The Morgan fingerprint density at radius 3 is 2.77 bits per heavy atom. The number of hydrogen-bond acceptors (Lipinski definition) is 7. The molecule has 1 aromatic heterocycles. The summed E-state index contributed by atoms with van der Waals surface area (Å²) in [5.41, 5.74) is 0.880. The Morgan fingerprint density at radius 1 is 1.09 bits per heavy atom. The lowest BCUT2D eigenvalue weighted by Gasteiger charge is -2.19. The molecule has 2 aromatic rings. The van der Waals surface area contributed by atoms with E-state index in [4.69, 9.17) is 14.2 Å². The highest BCUT2D eigenvalue weighted by atomic mass is 16.6. The van der Waals surface area contributed by atoms with E-state index in [1.165, 1.54) is 6.33 Å². The monoisotopic (exact) mass is 302 g/mol. The van der Waals surface area contributed by atoms with Crippen molar-refractivity contribution in [1.29, 1.82) is 0 Å². The van der Waals surface area contributed by atoms with E-state index in [1.807, 2.05) is 24.3 Å². The minimum Gasteiger partial charge on any atom is -0.486 e. The molecule has 0 fully saturated rings. The molecule has 0 aliphatic carbocycles. The molecule has 0 amide bonds. The minimum atomic E-state index is 0.567. The second-order valence-corrected chi connectivity index (χ2v) is 4.69. The third-order valence-electron chi connectivity index (χ3n) is 3.09. The van der Waals surface area contributed by atoms with Crippen LogP contribution in [-0.4, -0.2) is 43.4 Å². The van der Waals surface area contributed by atoms with Crippen molar-refractivity contribution in [1.82, 2.24) is 9.97 Å². The first-order valence-corrected chi connectivity index (χ1v) is 7.07. The summed E-state index contributed by atoms with van der Waals surface area (Å²) < 4.78 is 16.1. The molecule has 0 unspecified atom stereocenters. The van der Waals surface area contributed by atoms with E-state index in [0.717, 1.165) is 23.0 Å². The molecule has 0 spiro atoms. The van der Waals surface area contributed by atoms with Gasteiger partial charge < -0.3 is 24.8 Å². The van der Waals surface area contributed by atoms with Crippen molar-refractivity contribution in [3.8, 4) is 11.5 Å². The average Bonchev–Trinajstić information content (AvgIpc) is 2.55. The minimum absolute atomic E-state index is 0.567. The number of aromatic nitrogens is 2. The maximum absolute atomic E-state index is 5.57. The molecule has 2 heterocycles. The first kappa shape index (κ1) is 14.4. The van der Waals surface area contributed by atoms with E-state index in [2.05, 4.69) is 20.6 Å². The number of nitrogens with zero attached hydrogens (tertiary/aromatic N) is 2. The topological polar surface area (TPSA) is 77.5 Å². The Hall–Kier alpha value is -2.54. The highest BCUT2D eigenvalue weighted by Crippen LogP contribution is 2.33. The van der Waals surface area contributed by atoms with Crippen LogP contribution in [-0.2, 0) is 4.74 Å². The second kappa shape index (κ2) is 6.95. The van der Waals surface area contributed by atoms with E-state index >= 15 is 0 Å². The Labute approximate surface area is 128 Å². The van der Waals surface area contributed by atoms with Crippen molar-refractivity contribution < 1.29 is 14.2 Å². The number of nitrogens with one attached hydrogen (secondary N) is 2. The quantitative estimate of drug-likeness (QED) is 0.791. The lowest BCUT2D eigenvalue weighted by molar-refractivity contribution is 0.171. The zero-order valence-electron chi connectivity index (χ0n) is 12.3. The number of anilines is 3. The van der Waals surface area contributed by atoms with Crippen LogP contribution in [0.25, 0.3) is 0 Å². The van der Waals surface area contributed by atoms with Gasteiger partial charge in [-0.1, -0.05) is 0 Å². The molecule has 1 aliphatic heterocycles. The Kier molecular flexibility index (Phi) is 4.55. The van der Waals surface area contributed by atoms with Crippen molar-refractivity contribution in [2.24, 2.45) is 0 Å². The third-order valence-corrected chi connectivity index (χ3v) is 3.09. The van der Waals surface area contributed by atoms with E-state index in [-0.39, 0.29) is 0 Å². The Balaban J connectivity index is 1.68. The highest BCUT2D eigenvalue weighted by Gasteiger charge is 2.11. The molecule has 3 rings (SSSR count). The fourth-order valence-corrected chi connectivity index (χ4v) is 2.07. The fraction of sp³-hybridized carbons (Fsp3) is 0.333. The number of methoxy groups -OCH3 is 1. The van der Waals surface area contributed by atoms with Gasteiger partial charge in [0, 0.05) is 31.5 Å². The SMILES string of the molecule is COCCNc1cc(Nc2ccc3c(c2)OCCO3)ncn1. The molecule has 0 saturated heterocycles. The van der Waals surface area contributed by atoms with Gasteiger partial charge in [0.05, 0.1) is 6.61 Å². The van der Waals surface area contributed by atoms with Gasteiger partial charge in [-0.3, -0.25) is 0 Å². The number of rotatable bonds is 6. The fourth-order valence-electron chi connectivity index (χ4n) is 2.07. The lowest BCUT2D eigenvalue weighted by atomic mass is 10.2. The summed E-state index contributed by atoms with van der Waals surface area (Å²) in [7, 11) is 1.66. The summed E-state index contributed by atoms with van der Waals surface area (Å²) >= 11 is 0. The van der Waals surface area contributed by atoms with Gasteiger partial charge in [0.1, 0.15) is 31.2 Å². The number of ether oxygens (including phenoxy) is 3. The molecule has 0 bridgehead atoms. The van der Waals surface area contributed by atoms with Crippen molar-refractivity contribution >= 4 is 17.3 Å². The van der Waals surface area contributed by atoms with Crippen molar-refractivity contribution in [2.75, 3.05) is 44.1 Å². The smallest absolute Gasteiger partial charge is 0.163 e. The van der Waals surface area contributed by atoms with Gasteiger partial charge in [0.2, 0.25) is 0 Å². The summed E-state index contributed by atoms with van der Waals surface area (Å²) in [6.45, 7) is 2.46. The van der Waals surface area contributed by atoms with Gasteiger partial charge in [0.25, 0.3) is 0 Å². The zero-order chi connectivity index (χ0) is 15.2. The predicted molar refractivity (Wildman–Crippen MR) is 83.1 cm³/mol. The normalized spacial score (nSPS) is 12.8. The van der Waals surface area contributed by atoms with Gasteiger partial charge in [-0.15, -0.1) is 0 Å². The molecular weight excluding hydrogens is 284 g/mol. The standard InChI is InChI=1S/C15H18N4O3/c1-20-5-4-16-14-9-15(18-10-17-14)19-11-2-3-12-13(8-11)22-7-6-21-12/h2-3,8-10H,4-7H2,1H3,(H2,16,17,18,19). The number of benzene rings is 1. The van der Waals surface area contributed by atoms with Gasteiger partial charge in [-0.2, -0.15) is 0 Å². The Morgan fingerprint density at radius 2 is 1.91 bits per heavy atom. The molecular formula is C15H18N4O3. The summed E-state index contributed by atoms with van der Waals surface area (Å²) in [6.07, 6.45) is 1.51. The van der Waals surface area contributed by atoms with Crippen LogP contribution < -0.4 is 20.1 Å².